The van der Waals surface area contributed by atoms with Crippen molar-refractivity contribution in [3.8, 4) is 0 Å². The number of hydrogen-bond acceptors (Lipinski definition) is 3. The number of rotatable bonds is 4. The number of fused-ring (bicyclic) bond motifs is 5. The molecule has 0 saturated heterocycles. The summed E-state index contributed by atoms with van der Waals surface area (Å²) in [6, 6.07) is 0. The summed E-state index contributed by atoms with van der Waals surface area (Å²) in [5.41, 5.74) is 0.419. The van der Waals surface area contributed by atoms with E-state index in [9.17, 15) is 14.7 Å². The fraction of sp³-hybridized carbons (Fsp3) is 0.920. The van der Waals surface area contributed by atoms with Gasteiger partial charge < -0.3 is 15.1 Å². The van der Waals surface area contributed by atoms with Gasteiger partial charge in [-0.25, -0.2) is 4.79 Å². The van der Waals surface area contributed by atoms with Crippen molar-refractivity contribution < 1.29 is 19.8 Å². The van der Waals surface area contributed by atoms with Gasteiger partial charge in [0, 0.05) is 25.9 Å². The molecule has 9 atom stereocenters. The Morgan fingerprint density at radius 1 is 1.13 bits per heavy atom. The average Bonchev–Trinajstić information content (AvgIpc) is 3.04. The minimum absolute atomic E-state index is 0.204. The molecular formula is C25H41NO4. The molecule has 0 spiro atoms. The van der Waals surface area contributed by atoms with Crippen LogP contribution in [-0.4, -0.2) is 46.7 Å². The van der Waals surface area contributed by atoms with Gasteiger partial charge in [0.15, 0.2) is 0 Å². The molecule has 1 amide bonds. The number of Topliss-reactive ketones (excluding diaryl/α,β-unsaturated/α-hetero) is 1. The molecule has 170 valence electrons. The summed E-state index contributed by atoms with van der Waals surface area (Å²) in [6.07, 6.45) is 7.93. The van der Waals surface area contributed by atoms with Gasteiger partial charge in [-0.1, -0.05) is 20.8 Å². The maximum atomic E-state index is 13.4. The van der Waals surface area contributed by atoms with Gasteiger partial charge in [0.2, 0.25) is 0 Å². The molecule has 0 aromatic heterocycles. The molecule has 4 aliphatic carbocycles. The van der Waals surface area contributed by atoms with E-state index in [0.717, 1.165) is 38.5 Å². The Morgan fingerprint density at radius 2 is 1.80 bits per heavy atom. The van der Waals surface area contributed by atoms with E-state index in [2.05, 4.69) is 20.8 Å². The van der Waals surface area contributed by atoms with Gasteiger partial charge in [0.05, 0.1) is 6.10 Å². The molecule has 30 heavy (non-hydrogen) atoms. The van der Waals surface area contributed by atoms with E-state index in [1.54, 1.807) is 7.05 Å². The standard InChI is InChI=1S/C25H41NO4/c1-15(9-12-26(4)23(29)30)18-5-6-19-22-20(8-11-25(18,19)3)24(2)10-7-17(27)13-16(24)14-21(22)28/h15-20,22,27H,5-14H2,1-4H3,(H,29,30)/t15-,16?,17-,18-,19?,20?,22?,24+,25-/m1/s1. The molecular weight excluding hydrogens is 378 g/mol. The van der Waals surface area contributed by atoms with Crippen LogP contribution in [0, 0.1) is 46.3 Å². The van der Waals surface area contributed by atoms with E-state index in [1.165, 1.54) is 17.7 Å². The van der Waals surface area contributed by atoms with Gasteiger partial charge in [-0.2, -0.15) is 0 Å². The summed E-state index contributed by atoms with van der Waals surface area (Å²) in [5.74, 6) is 3.08. The minimum Gasteiger partial charge on any atom is -0.465 e. The highest BCUT2D eigenvalue weighted by Crippen LogP contribution is 2.67. The minimum atomic E-state index is -0.855. The Kier molecular flexibility index (Phi) is 5.74. The maximum absolute atomic E-state index is 13.4. The van der Waals surface area contributed by atoms with Gasteiger partial charge in [0.1, 0.15) is 5.78 Å². The third-order valence-electron chi connectivity index (χ3n) is 10.4. The number of carbonyl (C=O) groups is 2. The first-order valence-electron chi connectivity index (χ1n) is 12.2. The molecule has 4 aliphatic rings. The quantitative estimate of drug-likeness (QED) is 0.685. The third kappa shape index (κ3) is 3.40. The summed E-state index contributed by atoms with van der Waals surface area (Å²) in [7, 11) is 1.65. The number of amides is 1. The number of aliphatic hydroxyl groups excluding tert-OH is 1. The van der Waals surface area contributed by atoms with Crippen molar-refractivity contribution in [3.05, 3.63) is 0 Å². The lowest BCUT2D eigenvalue weighted by molar-refractivity contribution is -0.160. The summed E-state index contributed by atoms with van der Waals surface area (Å²) in [4.78, 5) is 26.0. The van der Waals surface area contributed by atoms with Crippen molar-refractivity contribution in [3.63, 3.8) is 0 Å². The van der Waals surface area contributed by atoms with Crippen molar-refractivity contribution in [1.82, 2.24) is 4.90 Å². The van der Waals surface area contributed by atoms with Gasteiger partial charge in [-0.3, -0.25) is 4.79 Å². The predicted octanol–water partition coefficient (Wildman–Crippen LogP) is 4.82. The van der Waals surface area contributed by atoms with Crippen LogP contribution < -0.4 is 0 Å². The maximum Gasteiger partial charge on any atom is 0.407 e. The van der Waals surface area contributed by atoms with Gasteiger partial charge in [-0.05, 0) is 91.8 Å². The molecule has 0 aromatic carbocycles. The monoisotopic (exact) mass is 419 g/mol. The Labute approximate surface area is 181 Å². The zero-order chi connectivity index (χ0) is 21.8. The summed E-state index contributed by atoms with van der Waals surface area (Å²) in [5, 5.41) is 19.4. The molecule has 2 N–H and O–H groups in total. The van der Waals surface area contributed by atoms with E-state index < -0.39 is 6.09 Å². The van der Waals surface area contributed by atoms with E-state index >= 15 is 0 Å². The normalized spacial score (nSPS) is 46.5. The zero-order valence-corrected chi connectivity index (χ0v) is 19.3. The first kappa shape index (κ1) is 22.1. The predicted molar refractivity (Wildman–Crippen MR) is 116 cm³/mol. The summed E-state index contributed by atoms with van der Waals surface area (Å²) >= 11 is 0. The number of carboxylic acid groups (broad SMARTS) is 1. The van der Waals surface area contributed by atoms with E-state index in [-0.39, 0.29) is 22.9 Å². The molecule has 4 saturated carbocycles. The highest BCUT2D eigenvalue weighted by Gasteiger charge is 2.62. The topological polar surface area (TPSA) is 77.8 Å². The van der Waals surface area contributed by atoms with Gasteiger partial charge in [0.25, 0.3) is 0 Å². The second-order valence-corrected chi connectivity index (χ2v) is 11.7. The van der Waals surface area contributed by atoms with Crippen molar-refractivity contribution >= 4 is 11.9 Å². The van der Waals surface area contributed by atoms with E-state index in [0.29, 0.717) is 48.3 Å². The molecule has 5 nitrogen and oxygen atoms in total. The molecule has 5 heteroatoms. The Hall–Kier alpha value is -1.10. The lowest BCUT2D eigenvalue weighted by atomic mass is 9.44. The van der Waals surface area contributed by atoms with Crippen LogP contribution >= 0.6 is 0 Å². The number of aliphatic hydroxyl groups is 1. The first-order valence-corrected chi connectivity index (χ1v) is 12.2. The molecule has 4 rings (SSSR count). The molecule has 0 heterocycles. The largest absolute Gasteiger partial charge is 0.465 e. The Balaban J connectivity index is 1.51. The first-order chi connectivity index (χ1) is 14.1. The Morgan fingerprint density at radius 3 is 2.50 bits per heavy atom. The molecule has 0 aromatic rings. The lowest BCUT2D eigenvalue weighted by Crippen LogP contribution is -2.57. The van der Waals surface area contributed by atoms with Crippen molar-refractivity contribution in [2.45, 2.75) is 84.7 Å². The van der Waals surface area contributed by atoms with Gasteiger partial charge in [-0.15, -0.1) is 0 Å². The van der Waals surface area contributed by atoms with Crippen molar-refractivity contribution in [1.29, 1.82) is 0 Å². The molecule has 4 fully saturated rings. The highest BCUT2D eigenvalue weighted by atomic mass is 16.4. The average molecular weight is 420 g/mol. The summed E-state index contributed by atoms with van der Waals surface area (Å²) in [6.45, 7) is 7.74. The molecule has 4 unspecified atom stereocenters. The second kappa shape index (κ2) is 7.79. The van der Waals surface area contributed by atoms with Crippen LogP contribution in [0.1, 0.15) is 78.6 Å². The number of hydrogen-bond donors (Lipinski definition) is 2. The van der Waals surface area contributed by atoms with Crippen LogP contribution in [0.15, 0.2) is 0 Å². The van der Waals surface area contributed by atoms with Crippen LogP contribution in [0.5, 0.6) is 0 Å². The molecule has 0 aliphatic heterocycles. The Bertz CT molecular complexity index is 695. The van der Waals surface area contributed by atoms with Crippen molar-refractivity contribution in [2.24, 2.45) is 46.3 Å². The van der Waals surface area contributed by atoms with Gasteiger partial charge >= 0.3 is 6.09 Å². The van der Waals surface area contributed by atoms with Crippen LogP contribution in [0.4, 0.5) is 4.79 Å². The number of nitrogens with zero attached hydrogens (tertiary/aromatic N) is 1. The second-order valence-electron chi connectivity index (χ2n) is 11.7. The van der Waals surface area contributed by atoms with E-state index in [1.807, 2.05) is 0 Å². The molecule has 0 radical (unpaired) electrons. The fourth-order valence-electron chi connectivity index (χ4n) is 8.58. The lowest BCUT2D eigenvalue weighted by Gasteiger charge is -2.60. The van der Waals surface area contributed by atoms with Crippen LogP contribution in [0.2, 0.25) is 0 Å². The van der Waals surface area contributed by atoms with Crippen molar-refractivity contribution in [2.75, 3.05) is 13.6 Å². The van der Waals surface area contributed by atoms with Crippen LogP contribution in [0.25, 0.3) is 0 Å². The fourth-order valence-corrected chi connectivity index (χ4v) is 8.58. The van der Waals surface area contributed by atoms with Crippen LogP contribution in [0.3, 0.4) is 0 Å². The van der Waals surface area contributed by atoms with Crippen LogP contribution in [-0.2, 0) is 4.79 Å². The summed E-state index contributed by atoms with van der Waals surface area (Å²) < 4.78 is 0. The third-order valence-corrected chi connectivity index (χ3v) is 10.4. The number of ketones is 1. The smallest absolute Gasteiger partial charge is 0.407 e. The highest BCUT2D eigenvalue weighted by molar-refractivity contribution is 5.83. The SMILES string of the molecule is C[C@H](CCN(C)C(=O)O)[C@H]1CCC2C3C(=O)CC4C[C@H](O)CC[C@]4(C)C3CC[C@@]21C. The van der Waals surface area contributed by atoms with E-state index in [4.69, 9.17) is 5.11 Å². The number of carbonyl (C=O) groups excluding carboxylic acids is 1. The zero-order valence-electron chi connectivity index (χ0n) is 19.3. The molecule has 0 bridgehead atoms.